The predicted molar refractivity (Wildman–Crippen MR) is 75.3 cm³/mol. The third-order valence-corrected chi connectivity index (χ3v) is 3.26. The summed E-state index contributed by atoms with van der Waals surface area (Å²) in [7, 11) is 0. The molecule has 2 rings (SSSR count). The summed E-state index contributed by atoms with van der Waals surface area (Å²) >= 11 is 0. The molecule has 0 spiro atoms. The first-order valence-corrected chi connectivity index (χ1v) is 6.53. The Labute approximate surface area is 115 Å². The van der Waals surface area contributed by atoms with Gasteiger partial charge in [-0.1, -0.05) is 0 Å². The number of rotatable bonds is 5. The molecule has 1 unspecified atom stereocenters. The maximum Gasteiger partial charge on any atom is 0.0700 e. The van der Waals surface area contributed by atoms with Crippen molar-refractivity contribution < 1.29 is 4.74 Å². The van der Waals surface area contributed by atoms with Crippen molar-refractivity contribution >= 4 is 12.4 Å². The van der Waals surface area contributed by atoms with Crippen LogP contribution in [-0.4, -0.2) is 29.0 Å². The van der Waals surface area contributed by atoms with E-state index in [-0.39, 0.29) is 12.4 Å². The van der Waals surface area contributed by atoms with Crippen LogP contribution in [0.4, 0.5) is 0 Å². The van der Waals surface area contributed by atoms with Crippen LogP contribution in [0.3, 0.4) is 0 Å². The molecule has 0 radical (unpaired) electrons. The second kappa shape index (κ2) is 7.12. The molecule has 1 aliphatic rings. The van der Waals surface area contributed by atoms with Crippen LogP contribution in [0.5, 0.6) is 0 Å². The fourth-order valence-corrected chi connectivity index (χ4v) is 2.13. The summed E-state index contributed by atoms with van der Waals surface area (Å²) in [5.41, 5.74) is 2.41. The zero-order valence-corrected chi connectivity index (χ0v) is 12.3. The number of aromatic nitrogens is 2. The highest BCUT2D eigenvalue weighted by Gasteiger charge is 2.15. The van der Waals surface area contributed by atoms with Gasteiger partial charge in [0.15, 0.2) is 0 Å². The van der Waals surface area contributed by atoms with E-state index in [0.717, 1.165) is 25.4 Å². The van der Waals surface area contributed by atoms with Gasteiger partial charge in [-0.15, -0.1) is 12.4 Å². The maximum absolute atomic E-state index is 5.58. The molecular formula is C13H24ClN3O. The lowest BCUT2D eigenvalue weighted by molar-refractivity contribution is 0.110. The number of ether oxygens (including phenoxy) is 1. The zero-order valence-electron chi connectivity index (χ0n) is 11.5. The molecule has 0 aliphatic carbocycles. The molecule has 1 atom stereocenters. The number of halogens is 1. The lowest BCUT2D eigenvalue weighted by Gasteiger charge is -2.10. The molecule has 1 aromatic rings. The highest BCUT2D eigenvalue weighted by Crippen LogP contribution is 2.12. The molecule has 5 heteroatoms. The van der Waals surface area contributed by atoms with E-state index in [2.05, 4.69) is 37.4 Å². The zero-order chi connectivity index (χ0) is 12.3. The average molecular weight is 274 g/mol. The smallest absolute Gasteiger partial charge is 0.0700 e. The molecular weight excluding hydrogens is 250 g/mol. The third-order valence-electron chi connectivity index (χ3n) is 3.26. The van der Waals surface area contributed by atoms with Crippen LogP contribution in [0.2, 0.25) is 0 Å². The van der Waals surface area contributed by atoms with Crippen molar-refractivity contribution in [2.45, 2.75) is 52.3 Å². The van der Waals surface area contributed by atoms with Gasteiger partial charge in [0.2, 0.25) is 0 Å². The Bertz CT molecular complexity index is 359. The molecule has 4 nitrogen and oxygen atoms in total. The Morgan fingerprint density at radius 2 is 2.33 bits per heavy atom. The third kappa shape index (κ3) is 3.97. The monoisotopic (exact) mass is 273 g/mol. The fraction of sp³-hybridized carbons (Fsp3) is 0.769. The minimum atomic E-state index is 0. The van der Waals surface area contributed by atoms with Gasteiger partial charge in [-0.05, 0) is 33.6 Å². The Balaban J connectivity index is 0.00000162. The summed E-state index contributed by atoms with van der Waals surface area (Å²) in [6, 6.07) is 0.431. The van der Waals surface area contributed by atoms with Gasteiger partial charge in [0.05, 0.1) is 11.8 Å². The summed E-state index contributed by atoms with van der Waals surface area (Å²) in [5, 5.41) is 7.96. The van der Waals surface area contributed by atoms with E-state index in [1.54, 1.807) is 0 Å². The van der Waals surface area contributed by atoms with E-state index in [1.165, 1.54) is 18.4 Å². The van der Waals surface area contributed by atoms with Gasteiger partial charge in [-0.3, -0.25) is 4.68 Å². The van der Waals surface area contributed by atoms with E-state index in [4.69, 9.17) is 4.74 Å². The van der Waals surface area contributed by atoms with Gasteiger partial charge < -0.3 is 10.1 Å². The van der Waals surface area contributed by atoms with Crippen LogP contribution in [0.15, 0.2) is 6.20 Å². The number of nitrogens with zero attached hydrogens (tertiary/aromatic N) is 2. The van der Waals surface area contributed by atoms with Crippen LogP contribution >= 0.6 is 12.4 Å². The van der Waals surface area contributed by atoms with Crippen molar-refractivity contribution in [2.24, 2.45) is 0 Å². The first-order valence-electron chi connectivity index (χ1n) is 6.53. The maximum atomic E-state index is 5.58. The Morgan fingerprint density at radius 3 is 2.89 bits per heavy atom. The second-order valence-electron chi connectivity index (χ2n) is 5.08. The van der Waals surface area contributed by atoms with Crippen molar-refractivity contribution in [3.63, 3.8) is 0 Å². The van der Waals surface area contributed by atoms with Gasteiger partial charge in [0.1, 0.15) is 0 Å². The van der Waals surface area contributed by atoms with Crippen LogP contribution in [0.1, 0.15) is 44.0 Å². The number of aryl methyl sites for hydroxylation is 1. The SMILES string of the molecule is Cc1nn(C(C)C)cc1CNCC1CCCO1.Cl. The second-order valence-corrected chi connectivity index (χ2v) is 5.08. The topological polar surface area (TPSA) is 39.1 Å². The van der Waals surface area contributed by atoms with Gasteiger partial charge in [-0.25, -0.2) is 0 Å². The largest absolute Gasteiger partial charge is 0.377 e. The lowest BCUT2D eigenvalue weighted by atomic mass is 10.2. The van der Waals surface area contributed by atoms with Crippen LogP contribution in [-0.2, 0) is 11.3 Å². The Kier molecular flexibility index (Phi) is 6.12. The van der Waals surface area contributed by atoms with Crippen LogP contribution < -0.4 is 5.32 Å². The number of hydrogen-bond donors (Lipinski definition) is 1. The molecule has 1 saturated heterocycles. The summed E-state index contributed by atoms with van der Waals surface area (Å²) < 4.78 is 7.61. The van der Waals surface area contributed by atoms with Gasteiger partial charge in [-0.2, -0.15) is 5.10 Å². The van der Waals surface area contributed by atoms with E-state index >= 15 is 0 Å². The van der Waals surface area contributed by atoms with E-state index < -0.39 is 0 Å². The lowest BCUT2D eigenvalue weighted by Crippen LogP contribution is -2.25. The van der Waals surface area contributed by atoms with Crippen molar-refractivity contribution in [1.29, 1.82) is 0 Å². The minimum absolute atomic E-state index is 0. The van der Waals surface area contributed by atoms with E-state index in [9.17, 15) is 0 Å². The van der Waals surface area contributed by atoms with Crippen LogP contribution in [0, 0.1) is 6.92 Å². The quantitative estimate of drug-likeness (QED) is 0.896. The molecule has 0 aromatic carbocycles. The van der Waals surface area contributed by atoms with Crippen molar-refractivity contribution in [3.8, 4) is 0 Å². The molecule has 0 saturated carbocycles. The molecule has 1 fully saturated rings. The fourth-order valence-electron chi connectivity index (χ4n) is 2.13. The molecule has 2 heterocycles. The molecule has 18 heavy (non-hydrogen) atoms. The number of hydrogen-bond acceptors (Lipinski definition) is 3. The predicted octanol–water partition coefficient (Wildman–Crippen LogP) is 2.46. The first kappa shape index (κ1) is 15.5. The van der Waals surface area contributed by atoms with Crippen molar-refractivity contribution in [3.05, 3.63) is 17.5 Å². The number of nitrogens with one attached hydrogen (secondary N) is 1. The van der Waals surface area contributed by atoms with Crippen LogP contribution in [0.25, 0.3) is 0 Å². The average Bonchev–Trinajstić information content (AvgIpc) is 2.89. The Morgan fingerprint density at radius 1 is 1.56 bits per heavy atom. The molecule has 1 N–H and O–H groups in total. The highest BCUT2D eigenvalue weighted by atomic mass is 35.5. The Hall–Kier alpha value is -0.580. The summed E-state index contributed by atoms with van der Waals surface area (Å²) in [6.07, 6.45) is 4.95. The molecule has 1 aliphatic heterocycles. The highest BCUT2D eigenvalue weighted by molar-refractivity contribution is 5.85. The molecule has 104 valence electrons. The van der Waals surface area contributed by atoms with E-state index in [0.29, 0.717) is 12.1 Å². The van der Waals surface area contributed by atoms with Crippen molar-refractivity contribution in [1.82, 2.24) is 15.1 Å². The standard InChI is InChI=1S/C13H23N3O.ClH/c1-10(2)16-9-12(11(3)15-16)7-14-8-13-5-4-6-17-13;/h9-10,13-14H,4-8H2,1-3H3;1H. The van der Waals surface area contributed by atoms with E-state index in [1.807, 2.05) is 4.68 Å². The molecule has 0 amide bonds. The van der Waals surface area contributed by atoms with Gasteiger partial charge in [0.25, 0.3) is 0 Å². The van der Waals surface area contributed by atoms with Gasteiger partial charge >= 0.3 is 0 Å². The van der Waals surface area contributed by atoms with Gasteiger partial charge in [0, 0.05) is 37.5 Å². The normalized spacial score (nSPS) is 19.2. The summed E-state index contributed by atoms with van der Waals surface area (Å²) in [5.74, 6) is 0. The summed E-state index contributed by atoms with van der Waals surface area (Å²) in [4.78, 5) is 0. The minimum Gasteiger partial charge on any atom is -0.377 e. The first-order chi connectivity index (χ1) is 8.16. The molecule has 1 aromatic heterocycles. The summed E-state index contributed by atoms with van der Waals surface area (Å²) in [6.45, 7) is 9.13. The molecule has 0 bridgehead atoms. The van der Waals surface area contributed by atoms with Crippen molar-refractivity contribution in [2.75, 3.05) is 13.2 Å².